The number of nitrogens with two attached hydrogens (primary N) is 1. The molecule has 0 saturated carbocycles. The molecule has 114 valence electrons. The van der Waals surface area contributed by atoms with Crippen LogP contribution in [0.2, 0.25) is 5.02 Å². The lowest BCUT2D eigenvalue weighted by Gasteiger charge is -2.17. The molecule has 0 bridgehead atoms. The van der Waals surface area contributed by atoms with Crippen LogP contribution in [0.3, 0.4) is 0 Å². The van der Waals surface area contributed by atoms with Crippen LogP contribution in [0, 0.1) is 5.92 Å². The van der Waals surface area contributed by atoms with Gasteiger partial charge in [-0.05, 0) is 30.2 Å². The van der Waals surface area contributed by atoms with E-state index >= 15 is 0 Å². The quantitative estimate of drug-likeness (QED) is 0.946. The summed E-state index contributed by atoms with van der Waals surface area (Å²) in [5.41, 5.74) is 7.74. The predicted octanol–water partition coefficient (Wildman–Crippen LogP) is 3.15. The van der Waals surface area contributed by atoms with Crippen molar-refractivity contribution in [2.45, 2.75) is 5.92 Å². The van der Waals surface area contributed by atoms with E-state index in [0.29, 0.717) is 30.2 Å². The van der Waals surface area contributed by atoms with Crippen molar-refractivity contribution in [3.8, 4) is 0 Å². The van der Waals surface area contributed by atoms with Crippen molar-refractivity contribution in [2.75, 3.05) is 19.6 Å². The number of halogens is 1. The molecule has 0 aliphatic carbocycles. The van der Waals surface area contributed by atoms with Crippen LogP contribution < -0.4 is 5.73 Å². The number of rotatable bonds is 3. The minimum atomic E-state index is -0.0116. The third-order valence-corrected chi connectivity index (χ3v) is 4.69. The summed E-state index contributed by atoms with van der Waals surface area (Å²) >= 11 is 6.15. The first kappa shape index (κ1) is 15.1. The Morgan fingerprint density at radius 1 is 1.09 bits per heavy atom. The van der Waals surface area contributed by atoms with Gasteiger partial charge in [0.25, 0.3) is 5.91 Å². The van der Waals surface area contributed by atoms with Crippen molar-refractivity contribution in [3.05, 3.63) is 70.7 Å². The van der Waals surface area contributed by atoms with Gasteiger partial charge in [-0.15, -0.1) is 0 Å². The van der Waals surface area contributed by atoms with E-state index in [4.69, 9.17) is 17.3 Å². The molecular weight excluding hydrogens is 296 g/mol. The van der Waals surface area contributed by atoms with Crippen LogP contribution >= 0.6 is 11.6 Å². The molecule has 0 spiro atoms. The summed E-state index contributed by atoms with van der Waals surface area (Å²) in [5, 5.41) is 0.500. The highest BCUT2D eigenvalue weighted by atomic mass is 35.5. The van der Waals surface area contributed by atoms with E-state index in [1.54, 1.807) is 12.1 Å². The molecule has 0 unspecified atom stereocenters. The molecule has 3 rings (SSSR count). The van der Waals surface area contributed by atoms with Gasteiger partial charge in [-0.2, -0.15) is 0 Å². The third-order valence-electron chi connectivity index (χ3n) is 4.36. The average Bonchev–Trinajstić information content (AvgIpc) is 3.00. The van der Waals surface area contributed by atoms with E-state index < -0.39 is 0 Å². The maximum Gasteiger partial charge on any atom is 0.255 e. The van der Waals surface area contributed by atoms with E-state index in [-0.39, 0.29) is 17.7 Å². The smallest absolute Gasteiger partial charge is 0.255 e. The summed E-state index contributed by atoms with van der Waals surface area (Å²) in [7, 11) is 0. The minimum absolute atomic E-state index is 0.0116. The highest BCUT2D eigenvalue weighted by Gasteiger charge is 2.35. The standard InChI is InChI=1S/C18H19ClN2O/c19-17-9-5-4-8-15(17)18(22)21-11-14(10-20)16(12-21)13-6-2-1-3-7-13/h1-9,14,16H,10-12,20H2/t14-,16+/m1/s1. The van der Waals surface area contributed by atoms with Gasteiger partial charge >= 0.3 is 0 Å². The monoisotopic (exact) mass is 314 g/mol. The summed E-state index contributed by atoms with van der Waals surface area (Å²) in [6.45, 7) is 1.95. The second kappa shape index (κ2) is 6.51. The molecule has 1 amide bonds. The van der Waals surface area contributed by atoms with Crippen molar-refractivity contribution in [3.63, 3.8) is 0 Å². The van der Waals surface area contributed by atoms with E-state index in [0.717, 1.165) is 0 Å². The Morgan fingerprint density at radius 2 is 1.77 bits per heavy atom. The van der Waals surface area contributed by atoms with Crippen LogP contribution in [0.15, 0.2) is 54.6 Å². The van der Waals surface area contributed by atoms with Crippen LogP contribution in [-0.2, 0) is 0 Å². The van der Waals surface area contributed by atoms with E-state index in [9.17, 15) is 4.79 Å². The summed E-state index contributed by atoms with van der Waals surface area (Å²) < 4.78 is 0. The largest absolute Gasteiger partial charge is 0.338 e. The molecule has 3 nitrogen and oxygen atoms in total. The number of benzene rings is 2. The fraction of sp³-hybridized carbons (Fsp3) is 0.278. The van der Waals surface area contributed by atoms with Crippen LogP contribution in [0.5, 0.6) is 0 Å². The zero-order valence-electron chi connectivity index (χ0n) is 12.3. The van der Waals surface area contributed by atoms with Gasteiger partial charge in [-0.25, -0.2) is 0 Å². The summed E-state index contributed by atoms with van der Waals surface area (Å²) in [5.74, 6) is 0.564. The zero-order chi connectivity index (χ0) is 15.5. The van der Waals surface area contributed by atoms with Gasteiger partial charge < -0.3 is 10.6 Å². The second-order valence-electron chi connectivity index (χ2n) is 5.70. The van der Waals surface area contributed by atoms with E-state index in [1.165, 1.54) is 5.56 Å². The number of hydrogen-bond acceptors (Lipinski definition) is 2. The summed E-state index contributed by atoms with van der Waals surface area (Å²) in [6, 6.07) is 17.5. The van der Waals surface area contributed by atoms with Gasteiger partial charge in [0.05, 0.1) is 10.6 Å². The van der Waals surface area contributed by atoms with E-state index in [2.05, 4.69) is 12.1 Å². The number of amides is 1. The van der Waals surface area contributed by atoms with Crippen LogP contribution in [0.1, 0.15) is 21.8 Å². The second-order valence-corrected chi connectivity index (χ2v) is 6.11. The molecule has 2 aromatic rings. The molecule has 0 aromatic heterocycles. The molecule has 1 heterocycles. The van der Waals surface area contributed by atoms with Gasteiger partial charge in [0, 0.05) is 19.0 Å². The lowest BCUT2D eigenvalue weighted by Crippen LogP contribution is -2.30. The molecule has 1 aliphatic heterocycles. The normalized spacial score (nSPS) is 21.1. The van der Waals surface area contributed by atoms with Gasteiger partial charge in [0.15, 0.2) is 0 Å². The average molecular weight is 315 g/mol. The molecule has 2 N–H and O–H groups in total. The first-order valence-electron chi connectivity index (χ1n) is 7.49. The number of carbonyl (C=O) groups is 1. The fourth-order valence-corrected chi connectivity index (χ4v) is 3.38. The van der Waals surface area contributed by atoms with Crippen molar-refractivity contribution in [2.24, 2.45) is 11.7 Å². The zero-order valence-corrected chi connectivity index (χ0v) is 13.0. The lowest BCUT2D eigenvalue weighted by atomic mass is 9.89. The molecule has 1 fully saturated rings. The fourth-order valence-electron chi connectivity index (χ4n) is 3.16. The van der Waals surface area contributed by atoms with Gasteiger partial charge in [-0.1, -0.05) is 54.1 Å². The minimum Gasteiger partial charge on any atom is -0.338 e. The third kappa shape index (κ3) is 2.87. The highest BCUT2D eigenvalue weighted by Crippen LogP contribution is 2.33. The lowest BCUT2D eigenvalue weighted by molar-refractivity contribution is 0.0786. The SMILES string of the molecule is NC[C@@H]1CN(C(=O)c2ccccc2Cl)C[C@H]1c1ccccc1. The van der Waals surface area contributed by atoms with E-state index in [1.807, 2.05) is 35.2 Å². The molecular formula is C18H19ClN2O. The molecule has 1 saturated heterocycles. The van der Waals surface area contributed by atoms with Crippen molar-refractivity contribution in [1.82, 2.24) is 4.90 Å². The maximum absolute atomic E-state index is 12.7. The molecule has 22 heavy (non-hydrogen) atoms. The molecule has 2 atom stereocenters. The van der Waals surface area contributed by atoms with Crippen LogP contribution in [-0.4, -0.2) is 30.4 Å². The van der Waals surface area contributed by atoms with Crippen LogP contribution in [0.25, 0.3) is 0 Å². The topological polar surface area (TPSA) is 46.3 Å². The first-order valence-corrected chi connectivity index (χ1v) is 7.87. The summed E-state index contributed by atoms with van der Waals surface area (Å²) in [4.78, 5) is 14.6. The van der Waals surface area contributed by atoms with Gasteiger partial charge in [0.1, 0.15) is 0 Å². The van der Waals surface area contributed by atoms with Gasteiger partial charge in [-0.3, -0.25) is 4.79 Å². The number of carbonyl (C=O) groups excluding carboxylic acids is 1. The maximum atomic E-state index is 12.7. The Balaban J connectivity index is 1.83. The number of nitrogens with zero attached hydrogens (tertiary/aromatic N) is 1. The number of hydrogen-bond donors (Lipinski definition) is 1. The molecule has 1 aliphatic rings. The first-order chi connectivity index (χ1) is 10.7. The van der Waals surface area contributed by atoms with Crippen molar-refractivity contribution >= 4 is 17.5 Å². The Labute approximate surface area is 135 Å². The Hall–Kier alpha value is -1.84. The Kier molecular flexibility index (Phi) is 4.46. The Morgan fingerprint density at radius 3 is 2.45 bits per heavy atom. The van der Waals surface area contributed by atoms with Crippen molar-refractivity contribution < 1.29 is 4.79 Å². The van der Waals surface area contributed by atoms with Crippen LogP contribution in [0.4, 0.5) is 0 Å². The van der Waals surface area contributed by atoms with Crippen molar-refractivity contribution in [1.29, 1.82) is 0 Å². The highest BCUT2D eigenvalue weighted by molar-refractivity contribution is 6.33. The summed E-state index contributed by atoms with van der Waals surface area (Å²) in [6.07, 6.45) is 0. The van der Waals surface area contributed by atoms with Gasteiger partial charge in [0.2, 0.25) is 0 Å². The number of likely N-dealkylation sites (tertiary alicyclic amines) is 1. The predicted molar refractivity (Wildman–Crippen MR) is 89.1 cm³/mol. The molecule has 2 aromatic carbocycles. The Bertz CT molecular complexity index is 659. The molecule has 4 heteroatoms. The molecule has 0 radical (unpaired) electrons.